The zero-order valence-corrected chi connectivity index (χ0v) is 11.5. The standard InChI is InChI=1S/C12H16F2N2O3S/c13-9-5-6-10(11(14)12(9)15)20(18,19)16-7-1-3-8(17)4-2-7/h5-8,16-17H,1-4,15H2. The first kappa shape index (κ1) is 15.1. The van der Waals surface area contributed by atoms with Crippen LogP contribution in [-0.4, -0.2) is 25.7 Å². The van der Waals surface area contributed by atoms with Gasteiger partial charge in [-0.25, -0.2) is 21.9 Å². The Kier molecular flexibility index (Phi) is 4.26. The zero-order chi connectivity index (χ0) is 14.9. The topological polar surface area (TPSA) is 92.4 Å². The maximum absolute atomic E-state index is 13.8. The van der Waals surface area contributed by atoms with Gasteiger partial charge in [-0.3, -0.25) is 0 Å². The first-order valence-electron chi connectivity index (χ1n) is 6.25. The maximum Gasteiger partial charge on any atom is 0.243 e. The zero-order valence-electron chi connectivity index (χ0n) is 10.6. The Hall–Kier alpha value is -1.25. The van der Waals surface area contributed by atoms with Gasteiger partial charge in [0.1, 0.15) is 16.4 Å². The van der Waals surface area contributed by atoms with E-state index in [1.165, 1.54) is 0 Å². The van der Waals surface area contributed by atoms with Crippen LogP contribution in [0.2, 0.25) is 0 Å². The molecule has 1 aromatic rings. The molecule has 0 spiro atoms. The summed E-state index contributed by atoms with van der Waals surface area (Å²) in [6, 6.07) is 1.30. The van der Waals surface area contributed by atoms with Crippen molar-refractivity contribution in [1.82, 2.24) is 4.72 Å². The summed E-state index contributed by atoms with van der Waals surface area (Å²) in [4.78, 5) is -0.664. The molecule has 0 bridgehead atoms. The summed E-state index contributed by atoms with van der Waals surface area (Å²) in [6.45, 7) is 0. The maximum atomic E-state index is 13.8. The average Bonchev–Trinajstić information content (AvgIpc) is 2.38. The number of hydrogen-bond acceptors (Lipinski definition) is 4. The summed E-state index contributed by atoms with van der Waals surface area (Å²) < 4.78 is 53.3. The van der Waals surface area contributed by atoms with Gasteiger partial charge in [-0.1, -0.05) is 0 Å². The van der Waals surface area contributed by atoms with Crippen molar-refractivity contribution in [2.24, 2.45) is 0 Å². The van der Waals surface area contributed by atoms with Crippen LogP contribution >= 0.6 is 0 Å². The second-order valence-corrected chi connectivity index (χ2v) is 6.58. The number of anilines is 1. The van der Waals surface area contributed by atoms with Gasteiger partial charge in [0.05, 0.1) is 6.10 Å². The van der Waals surface area contributed by atoms with Crippen LogP contribution in [-0.2, 0) is 10.0 Å². The minimum atomic E-state index is -4.10. The van der Waals surface area contributed by atoms with Crippen molar-refractivity contribution in [2.45, 2.75) is 42.7 Å². The molecule has 0 radical (unpaired) electrons. The highest BCUT2D eigenvalue weighted by molar-refractivity contribution is 7.89. The number of benzene rings is 1. The monoisotopic (exact) mass is 306 g/mol. The lowest BCUT2D eigenvalue weighted by Gasteiger charge is -2.26. The normalized spacial score (nSPS) is 23.8. The van der Waals surface area contributed by atoms with Crippen LogP contribution in [0, 0.1) is 11.6 Å². The molecule has 0 aromatic heterocycles. The highest BCUT2D eigenvalue weighted by atomic mass is 32.2. The van der Waals surface area contributed by atoms with Gasteiger partial charge in [0.2, 0.25) is 10.0 Å². The lowest BCUT2D eigenvalue weighted by Crippen LogP contribution is -2.38. The smallest absolute Gasteiger partial charge is 0.243 e. The van der Waals surface area contributed by atoms with Crippen LogP contribution in [0.15, 0.2) is 17.0 Å². The number of hydrogen-bond donors (Lipinski definition) is 3. The second-order valence-electron chi connectivity index (χ2n) is 4.90. The summed E-state index contributed by atoms with van der Waals surface area (Å²) in [5.74, 6) is -2.28. The lowest BCUT2D eigenvalue weighted by molar-refractivity contribution is 0.120. The first-order chi connectivity index (χ1) is 9.31. The Morgan fingerprint density at radius 3 is 2.40 bits per heavy atom. The molecule has 1 fully saturated rings. The summed E-state index contributed by atoms with van der Waals surface area (Å²) in [5, 5.41) is 9.36. The third kappa shape index (κ3) is 3.08. The van der Waals surface area contributed by atoms with Crippen LogP contribution in [0.5, 0.6) is 0 Å². The molecule has 0 amide bonds. The van der Waals surface area contributed by atoms with Crippen LogP contribution < -0.4 is 10.5 Å². The molecule has 0 unspecified atom stereocenters. The summed E-state index contributed by atoms with van der Waals surface area (Å²) >= 11 is 0. The van der Waals surface area contributed by atoms with E-state index >= 15 is 0 Å². The molecular formula is C12H16F2N2O3S. The van der Waals surface area contributed by atoms with E-state index in [9.17, 15) is 22.3 Å². The third-order valence-electron chi connectivity index (χ3n) is 3.40. The van der Waals surface area contributed by atoms with Gasteiger partial charge < -0.3 is 10.8 Å². The SMILES string of the molecule is Nc1c(F)ccc(S(=O)(=O)NC2CCC(O)CC2)c1F. The van der Waals surface area contributed by atoms with E-state index in [0.29, 0.717) is 25.7 Å². The molecule has 4 N–H and O–H groups in total. The Labute approximate surface area is 115 Å². The van der Waals surface area contributed by atoms with Gasteiger partial charge >= 0.3 is 0 Å². The van der Waals surface area contributed by atoms with E-state index in [2.05, 4.69) is 4.72 Å². The number of aliphatic hydroxyl groups is 1. The van der Waals surface area contributed by atoms with E-state index in [1.54, 1.807) is 0 Å². The highest BCUT2D eigenvalue weighted by Gasteiger charge is 2.28. The van der Waals surface area contributed by atoms with Gasteiger partial charge in [-0.15, -0.1) is 0 Å². The van der Waals surface area contributed by atoms with E-state index in [-0.39, 0.29) is 6.04 Å². The number of nitrogen functional groups attached to an aromatic ring is 1. The molecule has 0 saturated heterocycles. The van der Waals surface area contributed by atoms with Crippen molar-refractivity contribution < 1.29 is 22.3 Å². The molecule has 0 atom stereocenters. The van der Waals surface area contributed by atoms with Crippen LogP contribution in [0.3, 0.4) is 0 Å². The Balaban J connectivity index is 2.21. The fraction of sp³-hybridized carbons (Fsp3) is 0.500. The number of sulfonamides is 1. The minimum absolute atomic E-state index is 0.367. The third-order valence-corrected chi connectivity index (χ3v) is 4.94. The van der Waals surface area contributed by atoms with Crippen molar-refractivity contribution in [3.63, 3.8) is 0 Å². The average molecular weight is 306 g/mol. The lowest BCUT2D eigenvalue weighted by atomic mass is 9.94. The second kappa shape index (κ2) is 5.63. The quantitative estimate of drug-likeness (QED) is 0.730. The molecule has 5 nitrogen and oxygen atoms in total. The van der Waals surface area contributed by atoms with Crippen LogP contribution in [0.1, 0.15) is 25.7 Å². The first-order valence-corrected chi connectivity index (χ1v) is 7.73. The molecule has 112 valence electrons. The van der Waals surface area contributed by atoms with E-state index < -0.39 is 38.3 Å². The predicted octanol–water partition coefficient (Wildman–Crippen LogP) is 1.13. The van der Waals surface area contributed by atoms with E-state index in [1.807, 2.05) is 0 Å². The summed E-state index contributed by atoms with van der Waals surface area (Å²) in [7, 11) is -4.10. The molecule has 20 heavy (non-hydrogen) atoms. The van der Waals surface area contributed by atoms with Crippen LogP contribution in [0.25, 0.3) is 0 Å². The number of halogens is 2. The Morgan fingerprint density at radius 1 is 1.20 bits per heavy atom. The van der Waals surface area contributed by atoms with E-state index in [0.717, 1.165) is 12.1 Å². The Morgan fingerprint density at radius 2 is 1.80 bits per heavy atom. The van der Waals surface area contributed by atoms with Gasteiger partial charge in [0.25, 0.3) is 0 Å². The molecule has 2 rings (SSSR count). The molecule has 1 aliphatic carbocycles. The van der Waals surface area contributed by atoms with Crippen molar-refractivity contribution in [2.75, 3.05) is 5.73 Å². The fourth-order valence-electron chi connectivity index (χ4n) is 2.23. The Bertz CT molecular complexity index is 599. The van der Waals surface area contributed by atoms with Gasteiger partial charge in [0.15, 0.2) is 5.82 Å². The minimum Gasteiger partial charge on any atom is -0.394 e. The molecule has 0 aliphatic heterocycles. The molecular weight excluding hydrogens is 290 g/mol. The van der Waals surface area contributed by atoms with Gasteiger partial charge in [-0.05, 0) is 37.8 Å². The summed E-state index contributed by atoms with van der Waals surface area (Å²) in [5.41, 5.74) is 4.34. The molecule has 8 heteroatoms. The van der Waals surface area contributed by atoms with Crippen molar-refractivity contribution in [3.8, 4) is 0 Å². The van der Waals surface area contributed by atoms with Gasteiger partial charge in [-0.2, -0.15) is 0 Å². The number of nitrogens with one attached hydrogen (secondary N) is 1. The van der Waals surface area contributed by atoms with E-state index in [4.69, 9.17) is 5.73 Å². The molecule has 1 aliphatic rings. The fourth-order valence-corrected chi connectivity index (χ4v) is 3.63. The van der Waals surface area contributed by atoms with Crippen molar-refractivity contribution in [1.29, 1.82) is 0 Å². The van der Waals surface area contributed by atoms with Crippen molar-refractivity contribution >= 4 is 15.7 Å². The van der Waals surface area contributed by atoms with Crippen LogP contribution in [0.4, 0.5) is 14.5 Å². The molecule has 1 saturated carbocycles. The largest absolute Gasteiger partial charge is 0.394 e. The number of aliphatic hydroxyl groups excluding tert-OH is 1. The number of rotatable bonds is 3. The molecule has 1 aromatic carbocycles. The van der Waals surface area contributed by atoms with Crippen molar-refractivity contribution in [3.05, 3.63) is 23.8 Å². The molecule has 0 heterocycles. The highest BCUT2D eigenvalue weighted by Crippen LogP contribution is 2.25. The number of nitrogens with two attached hydrogens (primary N) is 1. The van der Waals surface area contributed by atoms with Gasteiger partial charge in [0, 0.05) is 6.04 Å². The summed E-state index contributed by atoms with van der Waals surface area (Å²) in [6.07, 6.45) is 1.49. The predicted molar refractivity (Wildman–Crippen MR) is 69.4 cm³/mol.